The minimum atomic E-state index is -0.330. The summed E-state index contributed by atoms with van der Waals surface area (Å²) in [5.74, 6) is 0.331. The standard InChI is InChI=1S/C15H18N2O3/c1-10(2)14-13(11(3)16-20-14)15(18)17-19-9-12-7-5-4-6-8-12/h4-8,10H,9H2,1-3H3,(H,17,18). The first-order valence-corrected chi connectivity index (χ1v) is 6.51. The van der Waals surface area contributed by atoms with Gasteiger partial charge in [-0.1, -0.05) is 49.3 Å². The molecule has 1 aromatic carbocycles. The van der Waals surface area contributed by atoms with Crippen LogP contribution in [0.25, 0.3) is 0 Å². The Hall–Kier alpha value is -2.14. The molecule has 20 heavy (non-hydrogen) atoms. The van der Waals surface area contributed by atoms with Crippen LogP contribution in [0.15, 0.2) is 34.9 Å². The number of carbonyl (C=O) groups excluding carboxylic acids is 1. The van der Waals surface area contributed by atoms with Crippen molar-refractivity contribution in [1.29, 1.82) is 0 Å². The van der Waals surface area contributed by atoms with Crippen molar-refractivity contribution in [3.05, 3.63) is 52.9 Å². The lowest BCUT2D eigenvalue weighted by atomic mass is 10.1. The first-order valence-electron chi connectivity index (χ1n) is 6.51. The average Bonchev–Trinajstić information content (AvgIpc) is 2.82. The predicted molar refractivity (Wildman–Crippen MR) is 74.0 cm³/mol. The Morgan fingerprint density at radius 3 is 2.70 bits per heavy atom. The summed E-state index contributed by atoms with van der Waals surface area (Å²) in [6.07, 6.45) is 0. The number of benzene rings is 1. The van der Waals surface area contributed by atoms with Gasteiger partial charge in [0.15, 0.2) is 5.76 Å². The highest BCUT2D eigenvalue weighted by Gasteiger charge is 2.22. The van der Waals surface area contributed by atoms with Crippen LogP contribution in [0.3, 0.4) is 0 Å². The van der Waals surface area contributed by atoms with Crippen LogP contribution in [0.5, 0.6) is 0 Å². The van der Waals surface area contributed by atoms with Gasteiger partial charge in [0.1, 0.15) is 5.56 Å². The van der Waals surface area contributed by atoms with Crippen LogP contribution in [0, 0.1) is 6.92 Å². The van der Waals surface area contributed by atoms with E-state index in [1.807, 2.05) is 44.2 Å². The topological polar surface area (TPSA) is 64.4 Å². The van der Waals surface area contributed by atoms with Crippen LogP contribution in [-0.4, -0.2) is 11.1 Å². The highest BCUT2D eigenvalue weighted by Crippen LogP contribution is 2.21. The molecule has 0 aliphatic rings. The Morgan fingerprint density at radius 2 is 2.05 bits per heavy atom. The molecular formula is C15H18N2O3. The molecule has 0 radical (unpaired) electrons. The SMILES string of the molecule is Cc1noc(C(C)C)c1C(=O)NOCc1ccccc1. The van der Waals surface area contributed by atoms with Crippen molar-refractivity contribution in [2.24, 2.45) is 0 Å². The van der Waals surface area contributed by atoms with Gasteiger partial charge in [-0.05, 0) is 12.5 Å². The molecule has 0 aliphatic carbocycles. The van der Waals surface area contributed by atoms with Gasteiger partial charge in [0.25, 0.3) is 5.91 Å². The first-order chi connectivity index (χ1) is 9.59. The van der Waals surface area contributed by atoms with Crippen molar-refractivity contribution in [1.82, 2.24) is 10.6 Å². The normalized spacial score (nSPS) is 10.8. The van der Waals surface area contributed by atoms with Gasteiger partial charge in [0, 0.05) is 5.92 Å². The summed E-state index contributed by atoms with van der Waals surface area (Å²) in [6.45, 7) is 5.94. The second-order valence-electron chi connectivity index (χ2n) is 4.87. The van der Waals surface area contributed by atoms with Gasteiger partial charge in [-0.15, -0.1) is 0 Å². The predicted octanol–water partition coefficient (Wildman–Crippen LogP) is 2.97. The molecule has 0 aliphatic heterocycles. The van der Waals surface area contributed by atoms with Crippen LogP contribution < -0.4 is 5.48 Å². The lowest BCUT2D eigenvalue weighted by Gasteiger charge is -2.07. The van der Waals surface area contributed by atoms with Crippen molar-refractivity contribution < 1.29 is 14.2 Å². The van der Waals surface area contributed by atoms with E-state index in [4.69, 9.17) is 9.36 Å². The third-order valence-corrected chi connectivity index (χ3v) is 2.89. The maximum atomic E-state index is 12.1. The molecule has 0 bridgehead atoms. The Morgan fingerprint density at radius 1 is 1.35 bits per heavy atom. The number of carbonyl (C=O) groups is 1. The van der Waals surface area contributed by atoms with Gasteiger partial charge >= 0.3 is 0 Å². The summed E-state index contributed by atoms with van der Waals surface area (Å²) in [5.41, 5.74) is 4.43. The summed E-state index contributed by atoms with van der Waals surface area (Å²) in [4.78, 5) is 17.3. The lowest BCUT2D eigenvalue weighted by Crippen LogP contribution is -2.25. The molecule has 0 saturated carbocycles. The zero-order valence-corrected chi connectivity index (χ0v) is 11.8. The second-order valence-corrected chi connectivity index (χ2v) is 4.87. The maximum Gasteiger partial charge on any atom is 0.280 e. The summed E-state index contributed by atoms with van der Waals surface area (Å²) >= 11 is 0. The van der Waals surface area contributed by atoms with Crippen molar-refractivity contribution in [3.8, 4) is 0 Å². The molecule has 5 heteroatoms. The van der Waals surface area contributed by atoms with Crippen LogP contribution >= 0.6 is 0 Å². The van der Waals surface area contributed by atoms with Crippen LogP contribution in [0.1, 0.15) is 47.1 Å². The second kappa shape index (κ2) is 6.34. The maximum absolute atomic E-state index is 12.1. The van der Waals surface area contributed by atoms with Crippen molar-refractivity contribution >= 4 is 5.91 Å². The van der Waals surface area contributed by atoms with Gasteiger partial charge in [0.2, 0.25) is 0 Å². The minimum Gasteiger partial charge on any atom is -0.360 e. The van der Waals surface area contributed by atoms with Gasteiger partial charge < -0.3 is 4.52 Å². The molecule has 1 N–H and O–H groups in total. The monoisotopic (exact) mass is 274 g/mol. The van der Waals surface area contributed by atoms with E-state index in [0.29, 0.717) is 23.6 Å². The molecule has 1 amide bonds. The van der Waals surface area contributed by atoms with Crippen molar-refractivity contribution in [2.45, 2.75) is 33.3 Å². The van der Waals surface area contributed by atoms with E-state index in [2.05, 4.69) is 10.6 Å². The number of nitrogens with zero attached hydrogens (tertiary/aromatic N) is 1. The zero-order chi connectivity index (χ0) is 14.5. The molecule has 0 unspecified atom stereocenters. The number of nitrogens with one attached hydrogen (secondary N) is 1. The molecule has 0 spiro atoms. The van der Waals surface area contributed by atoms with E-state index in [-0.39, 0.29) is 11.8 Å². The van der Waals surface area contributed by atoms with Crippen LogP contribution in [0.4, 0.5) is 0 Å². The van der Waals surface area contributed by atoms with E-state index >= 15 is 0 Å². The smallest absolute Gasteiger partial charge is 0.280 e. The molecule has 0 fully saturated rings. The number of hydroxylamine groups is 1. The Labute approximate surface area is 117 Å². The fourth-order valence-electron chi connectivity index (χ4n) is 1.87. The van der Waals surface area contributed by atoms with Gasteiger partial charge in [-0.2, -0.15) is 0 Å². The molecular weight excluding hydrogens is 256 g/mol. The molecule has 106 valence electrons. The third kappa shape index (κ3) is 3.24. The number of rotatable bonds is 5. The molecule has 2 aromatic rings. The van der Waals surface area contributed by atoms with E-state index < -0.39 is 0 Å². The number of hydrogen-bond donors (Lipinski definition) is 1. The lowest BCUT2D eigenvalue weighted by molar-refractivity contribution is 0.0231. The number of hydrogen-bond acceptors (Lipinski definition) is 4. The minimum absolute atomic E-state index is 0.0890. The van der Waals surface area contributed by atoms with E-state index in [1.165, 1.54) is 0 Å². The van der Waals surface area contributed by atoms with Crippen LogP contribution in [-0.2, 0) is 11.4 Å². The zero-order valence-electron chi connectivity index (χ0n) is 11.8. The molecule has 2 rings (SSSR count). The fourth-order valence-corrected chi connectivity index (χ4v) is 1.87. The third-order valence-electron chi connectivity index (χ3n) is 2.89. The molecule has 1 aromatic heterocycles. The molecule has 0 saturated heterocycles. The van der Waals surface area contributed by atoms with Crippen molar-refractivity contribution in [2.75, 3.05) is 0 Å². The Bertz CT molecular complexity index is 576. The van der Waals surface area contributed by atoms with Gasteiger partial charge in [-0.3, -0.25) is 9.63 Å². The summed E-state index contributed by atoms with van der Waals surface area (Å²) < 4.78 is 5.18. The molecule has 0 atom stereocenters. The fraction of sp³-hybridized carbons (Fsp3) is 0.333. The van der Waals surface area contributed by atoms with Gasteiger partial charge in [-0.25, -0.2) is 5.48 Å². The van der Waals surface area contributed by atoms with Crippen molar-refractivity contribution in [3.63, 3.8) is 0 Å². The average molecular weight is 274 g/mol. The highest BCUT2D eigenvalue weighted by atomic mass is 16.6. The number of aryl methyl sites for hydroxylation is 1. The van der Waals surface area contributed by atoms with E-state index in [0.717, 1.165) is 5.56 Å². The molecule has 1 heterocycles. The first kappa shape index (κ1) is 14.3. The Kier molecular flexibility index (Phi) is 4.53. The summed E-state index contributed by atoms with van der Waals surface area (Å²) in [6, 6.07) is 9.62. The number of aromatic nitrogens is 1. The molecule has 5 nitrogen and oxygen atoms in total. The largest absolute Gasteiger partial charge is 0.360 e. The summed E-state index contributed by atoms with van der Waals surface area (Å²) in [7, 11) is 0. The highest BCUT2D eigenvalue weighted by molar-refractivity contribution is 5.95. The van der Waals surface area contributed by atoms with E-state index in [9.17, 15) is 4.79 Å². The number of amides is 1. The van der Waals surface area contributed by atoms with E-state index in [1.54, 1.807) is 6.92 Å². The van der Waals surface area contributed by atoms with Crippen LogP contribution in [0.2, 0.25) is 0 Å². The summed E-state index contributed by atoms with van der Waals surface area (Å²) in [5, 5.41) is 3.83. The van der Waals surface area contributed by atoms with Gasteiger partial charge in [0.05, 0.1) is 12.3 Å². The Balaban J connectivity index is 1.97. The quantitative estimate of drug-likeness (QED) is 0.851.